The van der Waals surface area contributed by atoms with Crippen molar-refractivity contribution in [1.29, 1.82) is 0 Å². The molecule has 0 saturated heterocycles. The lowest BCUT2D eigenvalue weighted by Gasteiger charge is -2.24. The van der Waals surface area contributed by atoms with Crippen LogP contribution in [0.5, 0.6) is 0 Å². The van der Waals surface area contributed by atoms with Gasteiger partial charge in [-0.25, -0.2) is 0 Å². The molecular formula is C14H16N4O4. The Bertz CT molecular complexity index is 708. The van der Waals surface area contributed by atoms with Gasteiger partial charge in [-0.15, -0.1) is 0 Å². The summed E-state index contributed by atoms with van der Waals surface area (Å²) in [5, 5.41) is 26.4. The van der Waals surface area contributed by atoms with Gasteiger partial charge in [-0.1, -0.05) is 12.1 Å². The van der Waals surface area contributed by atoms with Crippen LogP contribution in [0.2, 0.25) is 0 Å². The maximum absolute atomic E-state index is 12.4. The number of aliphatic hydroxyl groups is 1. The molecule has 8 nitrogen and oxygen atoms in total. The maximum atomic E-state index is 12.4. The minimum Gasteiger partial charge on any atom is -0.392 e. The molecule has 0 spiro atoms. The Hall–Kier alpha value is -2.74. The average molecular weight is 304 g/mol. The highest BCUT2D eigenvalue weighted by molar-refractivity contribution is 5.96. The number of rotatable bonds is 5. The quantitative estimate of drug-likeness (QED) is 0.644. The Labute approximate surface area is 126 Å². The molecule has 22 heavy (non-hydrogen) atoms. The van der Waals surface area contributed by atoms with Crippen molar-refractivity contribution in [3.8, 4) is 0 Å². The Morgan fingerprint density at radius 3 is 2.82 bits per heavy atom. The summed E-state index contributed by atoms with van der Waals surface area (Å²) in [5.41, 5.74) is -0.0801. The van der Waals surface area contributed by atoms with E-state index < -0.39 is 10.5 Å². The van der Waals surface area contributed by atoms with E-state index in [4.69, 9.17) is 5.11 Å². The number of nitro groups is 1. The molecule has 0 saturated carbocycles. The van der Waals surface area contributed by atoms with Crippen LogP contribution in [0.4, 0.5) is 11.4 Å². The van der Waals surface area contributed by atoms with Crippen LogP contribution < -0.4 is 5.32 Å². The third-order valence-electron chi connectivity index (χ3n) is 3.28. The summed E-state index contributed by atoms with van der Waals surface area (Å²) in [5.74, 6) is -0.374. The molecule has 0 fully saturated rings. The van der Waals surface area contributed by atoms with Crippen LogP contribution in [-0.4, -0.2) is 25.7 Å². The highest BCUT2D eigenvalue weighted by Gasteiger charge is 2.32. The molecule has 2 aromatic rings. The standard InChI is InChI=1S/C14H16N4O4/c1-14(2,17-8-12(7-15-17)18(21)22)13(20)16-11-5-3-4-10(6-11)9-19/h3-8,19H,9H2,1-2H3,(H,16,20). The van der Waals surface area contributed by atoms with E-state index in [1.807, 2.05) is 0 Å². The highest BCUT2D eigenvalue weighted by Crippen LogP contribution is 2.21. The summed E-state index contributed by atoms with van der Waals surface area (Å²) in [7, 11) is 0. The number of amides is 1. The fraction of sp³-hybridized carbons (Fsp3) is 0.286. The number of hydrogen-bond acceptors (Lipinski definition) is 5. The molecule has 0 unspecified atom stereocenters. The predicted octanol–water partition coefficient (Wildman–Crippen LogP) is 1.66. The van der Waals surface area contributed by atoms with Gasteiger partial charge in [-0.05, 0) is 31.5 Å². The first-order valence-electron chi connectivity index (χ1n) is 6.55. The molecule has 116 valence electrons. The van der Waals surface area contributed by atoms with Gasteiger partial charge in [-0.3, -0.25) is 19.6 Å². The van der Waals surface area contributed by atoms with Crippen molar-refractivity contribution in [3.05, 3.63) is 52.3 Å². The SMILES string of the molecule is CC(C)(C(=O)Nc1cccc(CO)c1)n1cc([N+](=O)[O-])cn1. The van der Waals surface area contributed by atoms with Crippen LogP contribution in [0.1, 0.15) is 19.4 Å². The lowest BCUT2D eigenvalue weighted by Crippen LogP contribution is -2.40. The van der Waals surface area contributed by atoms with Gasteiger partial charge in [0.1, 0.15) is 17.9 Å². The minimum atomic E-state index is -1.11. The number of nitrogens with one attached hydrogen (secondary N) is 1. The van der Waals surface area contributed by atoms with Gasteiger partial charge < -0.3 is 10.4 Å². The average Bonchev–Trinajstić information content (AvgIpc) is 2.98. The van der Waals surface area contributed by atoms with Gasteiger partial charge >= 0.3 is 5.69 Å². The minimum absolute atomic E-state index is 0.127. The van der Waals surface area contributed by atoms with Crippen molar-refractivity contribution >= 4 is 17.3 Å². The summed E-state index contributed by atoms with van der Waals surface area (Å²) in [6.07, 6.45) is 2.31. The molecule has 0 bridgehead atoms. The van der Waals surface area contributed by atoms with Crippen molar-refractivity contribution < 1.29 is 14.8 Å². The maximum Gasteiger partial charge on any atom is 0.307 e. The van der Waals surface area contributed by atoms with Gasteiger partial charge in [0.25, 0.3) is 5.91 Å². The van der Waals surface area contributed by atoms with E-state index in [9.17, 15) is 14.9 Å². The smallest absolute Gasteiger partial charge is 0.307 e. The molecule has 0 aliphatic heterocycles. The van der Waals surface area contributed by atoms with Crippen molar-refractivity contribution in [1.82, 2.24) is 9.78 Å². The second kappa shape index (κ2) is 5.94. The van der Waals surface area contributed by atoms with Crippen molar-refractivity contribution in [2.24, 2.45) is 0 Å². The third-order valence-corrected chi connectivity index (χ3v) is 3.28. The van der Waals surface area contributed by atoms with Crippen LogP contribution in [-0.2, 0) is 16.9 Å². The topological polar surface area (TPSA) is 110 Å². The van der Waals surface area contributed by atoms with Gasteiger partial charge in [0.2, 0.25) is 0 Å². The normalized spacial score (nSPS) is 11.2. The van der Waals surface area contributed by atoms with E-state index >= 15 is 0 Å². The molecule has 1 aromatic carbocycles. The summed E-state index contributed by atoms with van der Waals surface area (Å²) < 4.78 is 1.25. The largest absolute Gasteiger partial charge is 0.392 e. The first-order chi connectivity index (χ1) is 10.3. The van der Waals surface area contributed by atoms with Gasteiger partial charge in [0.05, 0.1) is 11.5 Å². The molecule has 2 rings (SSSR count). The molecule has 0 aliphatic carbocycles. The summed E-state index contributed by atoms with van der Waals surface area (Å²) in [6.45, 7) is 3.09. The molecular weight excluding hydrogens is 288 g/mol. The number of anilines is 1. The van der Waals surface area contributed by atoms with Crippen LogP contribution in [0.15, 0.2) is 36.7 Å². The number of nitrogens with zero attached hydrogens (tertiary/aromatic N) is 3. The van der Waals surface area contributed by atoms with Crippen LogP contribution in [0.25, 0.3) is 0 Å². The summed E-state index contributed by atoms with van der Waals surface area (Å²) in [4.78, 5) is 22.5. The number of carbonyl (C=O) groups excluding carboxylic acids is 1. The van der Waals surface area contributed by atoms with E-state index in [0.29, 0.717) is 11.3 Å². The molecule has 8 heteroatoms. The van der Waals surface area contributed by atoms with Gasteiger partial charge in [-0.2, -0.15) is 5.10 Å². The molecule has 1 heterocycles. The second-order valence-corrected chi connectivity index (χ2v) is 5.27. The molecule has 1 amide bonds. The van der Waals surface area contributed by atoms with Crippen molar-refractivity contribution in [2.45, 2.75) is 26.0 Å². The fourth-order valence-electron chi connectivity index (χ4n) is 1.85. The molecule has 2 N–H and O–H groups in total. The zero-order valence-electron chi connectivity index (χ0n) is 12.2. The van der Waals surface area contributed by atoms with Crippen molar-refractivity contribution in [3.63, 3.8) is 0 Å². The highest BCUT2D eigenvalue weighted by atomic mass is 16.6. The summed E-state index contributed by atoms with van der Waals surface area (Å²) >= 11 is 0. The Balaban J connectivity index is 2.20. The fourth-order valence-corrected chi connectivity index (χ4v) is 1.85. The Kier molecular flexibility index (Phi) is 4.22. The van der Waals surface area contributed by atoms with Crippen LogP contribution in [0.3, 0.4) is 0 Å². The molecule has 0 aliphatic rings. The molecule has 0 atom stereocenters. The van der Waals surface area contributed by atoms with E-state index in [-0.39, 0.29) is 18.2 Å². The van der Waals surface area contributed by atoms with Crippen molar-refractivity contribution in [2.75, 3.05) is 5.32 Å². The third kappa shape index (κ3) is 3.12. The Morgan fingerprint density at radius 1 is 1.50 bits per heavy atom. The summed E-state index contributed by atoms with van der Waals surface area (Å²) in [6, 6.07) is 6.79. The van der Waals surface area contributed by atoms with Gasteiger partial charge in [0.15, 0.2) is 0 Å². The van der Waals surface area contributed by atoms with E-state index in [0.717, 1.165) is 6.20 Å². The van der Waals surface area contributed by atoms with E-state index in [2.05, 4.69) is 10.4 Å². The number of benzene rings is 1. The number of hydrogen-bond donors (Lipinski definition) is 2. The van der Waals surface area contributed by atoms with E-state index in [1.54, 1.807) is 38.1 Å². The molecule has 0 radical (unpaired) electrons. The lowest BCUT2D eigenvalue weighted by molar-refractivity contribution is -0.385. The van der Waals surface area contributed by atoms with E-state index in [1.165, 1.54) is 10.9 Å². The predicted molar refractivity (Wildman–Crippen MR) is 79.2 cm³/mol. The first kappa shape index (κ1) is 15.6. The van der Waals surface area contributed by atoms with Gasteiger partial charge in [0, 0.05) is 5.69 Å². The van der Waals surface area contributed by atoms with Crippen LogP contribution >= 0.6 is 0 Å². The molecule has 1 aromatic heterocycles. The lowest BCUT2D eigenvalue weighted by atomic mass is 10.0. The number of aliphatic hydroxyl groups excluding tert-OH is 1. The van der Waals surface area contributed by atoms with Crippen LogP contribution in [0, 0.1) is 10.1 Å². The number of carbonyl (C=O) groups is 1. The number of aromatic nitrogens is 2. The second-order valence-electron chi connectivity index (χ2n) is 5.27. The zero-order chi connectivity index (χ0) is 16.3. The Morgan fingerprint density at radius 2 is 2.23 bits per heavy atom. The monoisotopic (exact) mass is 304 g/mol. The zero-order valence-corrected chi connectivity index (χ0v) is 12.2. The first-order valence-corrected chi connectivity index (χ1v) is 6.55.